The Bertz CT molecular complexity index is 370. The van der Waals surface area contributed by atoms with E-state index in [1.807, 2.05) is 0 Å². The zero-order valence-electron chi connectivity index (χ0n) is 9.20. The minimum absolute atomic E-state index is 0.186. The Labute approximate surface area is 97.3 Å². The van der Waals surface area contributed by atoms with Gasteiger partial charge in [0.25, 0.3) is 0 Å². The van der Waals surface area contributed by atoms with Gasteiger partial charge in [-0.05, 0) is 6.42 Å². The molecule has 0 radical (unpaired) electrons. The Kier molecular flexibility index (Phi) is 3.56. The monoisotopic (exact) mass is 248 g/mol. The largest absolute Gasteiger partial charge is 0.374 e. The first-order valence-corrected chi connectivity index (χ1v) is 5.53. The van der Waals surface area contributed by atoms with Gasteiger partial charge >= 0.3 is 0 Å². The molecule has 0 aromatic carbocycles. The molecule has 0 bridgehead atoms. The smallest absolute Gasteiger partial charge is 0.157 e. The van der Waals surface area contributed by atoms with Crippen LogP contribution >= 0.6 is 0 Å². The van der Waals surface area contributed by atoms with Gasteiger partial charge in [0.1, 0.15) is 11.7 Å². The summed E-state index contributed by atoms with van der Waals surface area (Å²) in [6.45, 7) is 0.260. The van der Waals surface area contributed by atoms with E-state index in [1.165, 1.54) is 0 Å². The fraction of sp³-hybridized carbons (Fsp3) is 0.636. The molecule has 17 heavy (non-hydrogen) atoms. The summed E-state index contributed by atoms with van der Waals surface area (Å²) in [6, 6.07) is -0.647. The van der Waals surface area contributed by atoms with Crippen molar-refractivity contribution in [1.82, 2.24) is 0 Å². The predicted octanol–water partition coefficient (Wildman–Crippen LogP) is 1.45. The molecule has 3 nitrogen and oxygen atoms in total. The summed E-state index contributed by atoms with van der Waals surface area (Å²) in [4.78, 5) is 0. The molecular formula is C11H15F3N2O. The summed E-state index contributed by atoms with van der Waals surface area (Å²) in [6.07, 6.45) is 0.0583. The lowest BCUT2D eigenvalue weighted by Gasteiger charge is -2.37. The molecular weight excluding hydrogens is 233 g/mol. The van der Waals surface area contributed by atoms with Gasteiger partial charge in [-0.1, -0.05) is 0 Å². The van der Waals surface area contributed by atoms with Gasteiger partial charge in [-0.25, -0.2) is 13.2 Å². The van der Waals surface area contributed by atoms with Gasteiger partial charge in [0.15, 0.2) is 5.83 Å². The predicted molar refractivity (Wildman–Crippen MR) is 56.8 cm³/mol. The molecule has 0 spiro atoms. The second-order valence-corrected chi connectivity index (χ2v) is 4.55. The molecule has 0 aromatic heterocycles. The zero-order valence-corrected chi connectivity index (χ0v) is 9.20. The zero-order chi connectivity index (χ0) is 12.6. The maximum Gasteiger partial charge on any atom is 0.157 e. The van der Waals surface area contributed by atoms with Gasteiger partial charge in [0, 0.05) is 30.5 Å². The van der Waals surface area contributed by atoms with E-state index in [2.05, 4.69) is 0 Å². The highest BCUT2D eigenvalue weighted by Gasteiger charge is 2.38. The van der Waals surface area contributed by atoms with Crippen LogP contribution in [0.3, 0.4) is 0 Å². The van der Waals surface area contributed by atoms with Crippen LogP contribution in [-0.4, -0.2) is 24.8 Å². The maximum atomic E-state index is 13.6. The number of halogens is 3. The minimum Gasteiger partial charge on any atom is -0.374 e. The topological polar surface area (TPSA) is 61.3 Å². The van der Waals surface area contributed by atoms with Crippen LogP contribution in [-0.2, 0) is 4.74 Å². The molecule has 3 unspecified atom stereocenters. The molecule has 1 aliphatic carbocycles. The normalized spacial score (nSPS) is 39.2. The molecule has 1 saturated heterocycles. The van der Waals surface area contributed by atoms with E-state index in [4.69, 9.17) is 16.2 Å². The standard InChI is InChI=1S/C11H15F3N2O/c12-7-3-9(14)8(13)2-6(7)11-10(16)1-5(15)4-17-11/h3,5-6,10-11H,1-2,4,15-16H2/t5?,6-,10?,11?/m0/s1. The summed E-state index contributed by atoms with van der Waals surface area (Å²) < 4.78 is 44.9. The molecule has 0 amide bonds. The molecule has 0 aromatic rings. The van der Waals surface area contributed by atoms with E-state index in [9.17, 15) is 13.2 Å². The Morgan fingerprint density at radius 3 is 2.59 bits per heavy atom. The second-order valence-electron chi connectivity index (χ2n) is 4.55. The third-order valence-corrected chi connectivity index (χ3v) is 3.17. The number of hydrogen-bond acceptors (Lipinski definition) is 3. The molecule has 2 aliphatic rings. The second kappa shape index (κ2) is 4.80. The van der Waals surface area contributed by atoms with Gasteiger partial charge in [-0.2, -0.15) is 0 Å². The van der Waals surface area contributed by atoms with Gasteiger partial charge in [-0.3, -0.25) is 0 Å². The lowest BCUT2D eigenvalue weighted by atomic mass is 9.85. The van der Waals surface area contributed by atoms with E-state index in [1.54, 1.807) is 0 Å². The van der Waals surface area contributed by atoms with Crippen molar-refractivity contribution in [2.75, 3.05) is 6.61 Å². The van der Waals surface area contributed by atoms with Crippen LogP contribution < -0.4 is 11.5 Å². The van der Waals surface area contributed by atoms with E-state index in [0.29, 0.717) is 12.5 Å². The van der Waals surface area contributed by atoms with Crippen LogP contribution in [0.2, 0.25) is 0 Å². The van der Waals surface area contributed by atoms with E-state index in [0.717, 1.165) is 0 Å². The summed E-state index contributed by atoms with van der Waals surface area (Å²) in [5.74, 6) is -3.68. The number of hydrogen-bond donors (Lipinski definition) is 2. The van der Waals surface area contributed by atoms with Crippen molar-refractivity contribution in [3.63, 3.8) is 0 Å². The Morgan fingerprint density at radius 1 is 1.24 bits per heavy atom. The van der Waals surface area contributed by atoms with Crippen molar-refractivity contribution in [2.45, 2.75) is 31.0 Å². The molecule has 2 rings (SSSR count). The first kappa shape index (κ1) is 12.6. The van der Waals surface area contributed by atoms with Gasteiger partial charge in [-0.15, -0.1) is 0 Å². The maximum absolute atomic E-state index is 13.6. The molecule has 0 saturated carbocycles. The van der Waals surface area contributed by atoms with Crippen LogP contribution in [0.1, 0.15) is 12.8 Å². The number of allylic oxidation sites excluding steroid dienone is 3. The van der Waals surface area contributed by atoms with Gasteiger partial charge < -0.3 is 16.2 Å². The van der Waals surface area contributed by atoms with E-state index in [-0.39, 0.29) is 19.1 Å². The Morgan fingerprint density at radius 2 is 1.94 bits per heavy atom. The molecule has 96 valence electrons. The van der Waals surface area contributed by atoms with Crippen molar-refractivity contribution >= 4 is 0 Å². The molecule has 1 aliphatic heterocycles. The third-order valence-electron chi connectivity index (χ3n) is 3.17. The quantitative estimate of drug-likeness (QED) is 0.738. The highest BCUT2D eigenvalue weighted by molar-refractivity contribution is 5.26. The van der Waals surface area contributed by atoms with Gasteiger partial charge in [0.2, 0.25) is 0 Å². The Balaban J connectivity index is 2.12. The SMILES string of the molecule is NC1COC([C@H]2CC(F)=C(F)C=C2F)C(N)C1. The lowest BCUT2D eigenvalue weighted by molar-refractivity contribution is -0.0402. The lowest BCUT2D eigenvalue weighted by Crippen LogP contribution is -2.52. The van der Waals surface area contributed by atoms with E-state index >= 15 is 0 Å². The molecule has 4 N–H and O–H groups in total. The van der Waals surface area contributed by atoms with Crippen molar-refractivity contribution in [3.8, 4) is 0 Å². The fourth-order valence-electron chi connectivity index (χ4n) is 2.29. The molecule has 6 heteroatoms. The van der Waals surface area contributed by atoms with Gasteiger partial charge in [0.05, 0.1) is 12.7 Å². The van der Waals surface area contributed by atoms with Crippen LogP contribution in [0.15, 0.2) is 23.6 Å². The third kappa shape index (κ3) is 2.53. The molecule has 1 fully saturated rings. The van der Waals surface area contributed by atoms with E-state index < -0.39 is 35.5 Å². The number of ether oxygens (including phenoxy) is 1. The van der Waals surface area contributed by atoms with Crippen LogP contribution in [0, 0.1) is 5.92 Å². The Hall–Kier alpha value is -0.850. The van der Waals surface area contributed by atoms with Crippen molar-refractivity contribution < 1.29 is 17.9 Å². The van der Waals surface area contributed by atoms with Crippen LogP contribution in [0.4, 0.5) is 13.2 Å². The summed E-state index contributed by atoms with van der Waals surface area (Å²) in [7, 11) is 0. The summed E-state index contributed by atoms with van der Waals surface area (Å²) >= 11 is 0. The first-order valence-electron chi connectivity index (χ1n) is 5.53. The van der Waals surface area contributed by atoms with Crippen molar-refractivity contribution in [2.24, 2.45) is 17.4 Å². The van der Waals surface area contributed by atoms with Crippen LogP contribution in [0.25, 0.3) is 0 Å². The van der Waals surface area contributed by atoms with Crippen LogP contribution in [0.5, 0.6) is 0 Å². The highest BCUT2D eigenvalue weighted by atomic mass is 19.2. The highest BCUT2D eigenvalue weighted by Crippen LogP contribution is 2.36. The van der Waals surface area contributed by atoms with Crippen molar-refractivity contribution in [3.05, 3.63) is 23.6 Å². The average Bonchev–Trinajstić information content (AvgIpc) is 2.24. The summed E-state index contributed by atoms with van der Waals surface area (Å²) in [5.41, 5.74) is 11.5. The first-order chi connectivity index (χ1) is 7.99. The molecule has 4 atom stereocenters. The summed E-state index contributed by atoms with van der Waals surface area (Å²) in [5, 5.41) is 0. The van der Waals surface area contributed by atoms with Crippen molar-refractivity contribution in [1.29, 1.82) is 0 Å². The number of rotatable bonds is 1. The number of nitrogens with two attached hydrogens (primary N) is 2. The molecule has 1 heterocycles. The average molecular weight is 248 g/mol. The minimum atomic E-state index is -1.15. The fourth-order valence-corrected chi connectivity index (χ4v) is 2.29.